The predicted molar refractivity (Wildman–Crippen MR) is 54.4 cm³/mol. The molecule has 0 aromatic heterocycles. The Morgan fingerprint density at radius 1 is 1.00 bits per heavy atom. The van der Waals surface area contributed by atoms with Crippen LogP contribution in [0.1, 0.15) is 45.4 Å². The number of allylic oxidation sites excluding steroid dienone is 1. The van der Waals surface area contributed by atoms with Crippen molar-refractivity contribution in [1.29, 1.82) is 0 Å². The van der Waals surface area contributed by atoms with Crippen molar-refractivity contribution in [2.75, 3.05) is 13.7 Å². The normalized spacial score (nSPS) is 11.2. The lowest BCUT2D eigenvalue weighted by Gasteiger charge is -1.94. The van der Waals surface area contributed by atoms with Gasteiger partial charge in [-0.25, -0.2) is 0 Å². The summed E-state index contributed by atoms with van der Waals surface area (Å²) in [6, 6.07) is 0. The molecule has 0 saturated carbocycles. The molecule has 1 nitrogen and oxygen atoms in total. The zero-order chi connectivity index (χ0) is 9.07. The van der Waals surface area contributed by atoms with Crippen LogP contribution < -0.4 is 0 Å². The van der Waals surface area contributed by atoms with Gasteiger partial charge in [-0.05, 0) is 19.3 Å². The third-order valence-electron chi connectivity index (χ3n) is 1.88. The summed E-state index contributed by atoms with van der Waals surface area (Å²) in [5, 5.41) is 0. The number of methoxy groups -OCH3 is 1. The largest absolute Gasteiger partial charge is 0.384 e. The second kappa shape index (κ2) is 10.7. The van der Waals surface area contributed by atoms with Crippen LogP contribution in [-0.2, 0) is 4.74 Å². The van der Waals surface area contributed by atoms with E-state index in [-0.39, 0.29) is 0 Å². The van der Waals surface area contributed by atoms with E-state index < -0.39 is 0 Å². The summed E-state index contributed by atoms with van der Waals surface area (Å²) >= 11 is 0. The molecule has 72 valence electrons. The van der Waals surface area contributed by atoms with E-state index in [1.54, 1.807) is 7.11 Å². The molecular formula is C11H22O. The summed E-state index contributed by atoms with van der Waals surface area (Å²) < 4.78 is 4.94. The van der Waals surface area contributed by atoms with E-state index in [9.17, 15) is 0 Å². The third kappa shape index (κ3) is 9.70. The van der Waals surface area contributed by atoms with Crippen LogP contribution in [-0.4, -0.2) is 13.7 Å². The zero-order valence-corrected chi connectivity index (χ0v) is 8.51. The highest BCUT2D eigenvalue weighted by atomic mass is 16.5. The standard InChI is InChI=1S/C11H22O/c1-3-4-5-6-7-8-9-10-11-12-2/h8-9H,3-7,10-11H2,1-2H3. The van der Waals surface area contributed by atoms with Gasteiger partial charge in [0.25, 0.3) is 0 Å². The average molecular weight is 170 g/mol. The van der Waals surface area contributed by atoms with Crippen molar-refractivity contribution in [2.45, 2.75) is 45.4 Å². The van der Waals surface area contributed by atoms with Gasteiger partial charge in [0, 0.05) is 13.7 Å². The number of hydrogen-bond donors (Lipinski definition) is 0. The molecule has 0 atom stereocenters. The molecule has 0 aromatic carbocycles. The van der Waals surface area contributed by atoms with Gasteiger partial charge in [-0.2, -0.15) is 0 Å². The smallest absolute Gasteiger partial charge is 0.0496 e. The molecule has 0 saturated heterocycles. The first-order valence-corrected chi connectivity index (χ1v) is 5.05. The van der Waals surface area contributed by atoms with Crippen molar-refractivity contribution in [3.63, 3.8) is 0 Å². The highest BCUT2D eigenvalue weighted by Gasteiger charge is 1.84. The van der Waals surface area contributed by atoms with Gasteiger partial charge in [0.1, 0.15) is 0 Å². The number of ether oxygens (including phenoxy) is 1. The molecule has 0 fully saturated rings. The lowest BCUT2D eigenvalue weighted by Crippen LogP contribution is -1.83. The minimum absolute atomic E-state index is 0.853. The molecule has 0 spiro atoms. The topological polar surface area (TPSA) is 9.23 Å². The van der Waals surface area contributed by atoms with Crippen molar-refractivity contribution in [3.05, 3.63) is 12.2 Å². The molecule has 0 heterocycles. The van der Waals surface area contributed by atoms with Crippen molar-refractivity contribution in [1.82, 2.24) is 0 Å². The molecule has 0 unspecified atom stereocenters. The summed E-state index contributed by atoms with van der Waals surface area (Å²) in [5.74, 6) is 0. The van der Waals surface area contributed by atoms with Gasteiger partial charge in [0.15, 0.2) is 0 Å². The first-order valence-electron chi connectivity index (χ1n) is 5.05. The van der Waals surface area contributed by atoms with E-state index in [1.807, 2.05) is 0 Å². The van der Waals surface area contributed by atoms with E-state index in [0.717, 1.165) is 13.0 Å². The Morgan fingerprint density at radius 2 is 1.75 bits per heavy atom. The summed E-state index contributed by atoms with van der Waals surface area (Å²) in [6.45, 7) is 3.10. The summed E-state index contributed by atoms with van der Waals surface area (Å²) in [5.41, 5.74) is 0. The van der Waals surface area contributed by atoms with Gasteiger partial charge < -0.3 is 4.74 Å². The molecule has 0 aliphatic heterocycles. The Balaban J connectivity index is 2.92. The van der Waals surface area contributed by atoms with E-state index in [1.165, 1.54) is 32.1 Å². The monoisotopic (exact) mass is 170 g/mol. The third-order valence-corrected chi connectivity index (χ3v) is 1.88. The Morgan fingerprint density at radius 3 is 2.42 bits per heavy atom. The van der Waals surface area contributed by atoms with E-state index in [2.05, 4.69) is 19.1 Å². The fraction of sp³-hybridized carbons (Fsp3) is 0.818. The van der Waals surface area contributed by atoms with Crippen LogP contribution in [0.2, 0.25) is 0 Å². The maximum absolute atomic E-state index is 4.94. The minimum atomic E-state index is 0.853. The molecule has 0 bridgehead atoms. The highest BCUT2D eigenvalue weighted by Crippen LogP contribution is 2.02. The van der Waals surface area contributed by atoms with E-state index in [4.69, 9.17) is 4.74 Å². The molecule has 0 aromatic rings. The number of hydrogen-bond acceptors (Lipinski definition) is 1. The molecule has 1 heteroatoms. The van der Waals surface area contributed by atoms with Crippen LogP contribution in [0.3, 0.4) is 0 Å². The average Bonchev–Trinajstić information content (AvgIpc) is 2.10. The molecule has 0 radical (unpaired) electrons. The quantitative estimate of drug-likeness (QED) is 0.400. The second-order valence-corrected chi connectivity index (χ2v) is 3.10. The Hall–Kier alpha value is -0.300. The van der Waals surface area contributed by atoms with Crippen molar-refractivity contribution in [3.8, 4) is 0 Å². The first kappa shape index (κ1) is 11.7. The van der Waals surface area contributed by atoms with Gasteiger partial charge in [-0.3, -0.25) is 0 Å². The molecule has 0 N–H and O–H groups in total. The van der Waals surface area contributed by atoms with Gasteiger partial charge in [-0.15, -0.1) is 0 Å². The molecule has 0 aliphatic carbocycles. The Kier molecular flexibility index (Phi) is 10.4. The molecule has 0 rings (SSSR count). The SMILES string of the molecule is CCCCCCC=CCCOC. The van der Waals surface area contributed by atoms with E-state index >= 15 is 0 Å². The molecule has 0 amide bonds. The van der Waals surface area contributed by atoms with Crippen LogP contribution >= 0.6 is 0 Å². The molecule has 0 aliphatic rings. The Bertz CT molecular complexity index is 97.2. The maximum atomic E-state index is 4.94. The van der Waals surface area contributed by atoms with Crippen molar-refractivity contribution < 1.29 is 4.74 Å². The first-order chi connectivity index (χ1) is 5.91. The fourth-order valence-electron chi connectivity index (χ4n) is 1.11. The van der Waals surface area contributed by atoms with Gasteiger partial charge >= 0.3 is 0 Å². The van der Waals surface area contributed by atoms with Crippen molar-refractivity contribution >= 4 is 0 Å². The van der Waals surface area contributed by atoms with Crippen LogP contribution in [0.5, 0.6) is 0 Å². The lowest BCUT2D eigenvalue weighted by atomic mass is 10.1. The fourth-order valence-corrected chi connectivity index (χ4v) is 1.11. The van der Waals surface area contributed by atoms with Crippen LogP contribution in [0.4, 0.5) is 0 Å². The minimum Gasteiger partial charge on any atom is -0.384 e. The summed E-state index contributed by atoms with van der Waals surface area (Å²) in [7, 11) is 1.75. The Labute approximate surface area is 76.8 Å². The predicted octanol–water partition coefficient (Wildman–Crippen LogP) is 3.55. The van der Waals surface area contributed by atoms with Crippen LogP contribution in [0, 0.1) is 0 Å². The molecule has 12 heavy (non-hydrogen) atoms. The lowest BCUT2D eigenvalue weighted by molar-refractivity contribution is 0.204. The van der Waals surface area contributed by atoms with Gasteiger partial charge in [-0.1, -0.05) is 38.3 Å². The van der Waals surface area contributed by atoms with Gasteiger partial charge in [0.05, 0.1) is 0 Å². The summed E-state index contributed by atoms with van der Waals surface area (Å²) in [6.07, 6.45) is 12.2. The zero-order valence-electron chi connectivity index (χ0n) is 8.51. The van der Waals surface area contributed by atoms with Crippen molar-refractivity contribution in [2.24, 2.45) is 0 Å². The van der Waals surface area contributed by atoms with E-state index in [0.29, 0.717) is 0 Å². The number of unbranched alkanes of at least 4 members (excludes halogenated alkanes) is 4. The van der Waals surface area contributed by atoms with Crippen LogP contribution in [0.25, 0.3) is 0 Å². The van der Waals surface area contributed by atoms with Crippen LogP contribution in [0.15, 0.2) is 12.2 Å². The molecular weight excluding hydrogens is 148 g/mol. The maximum Gasteiger partial charge on any atom is 0.0496 e. The second-order valence-electron chi connectivity index (χ2n) is 3.10. The van der Waals surface area contributed by atoms with Gasteiger partial charge in [0.2, 0.25) is 0 Å². The number of rotatable bonds is 8. The summed E-state index contributed by atoms with van der Waals surface area (Å²) in [4.78, 5) is 0. The highest BCUT2D eigenvalue weighted by molar-refractivity contribution is 4.81.